The number of benzene rings is 2. The van der Waals surface area contributed by atoms with Gasteiger partial charge < -0.3 is 24.7 Å². The van der Waals surface area contributed by atoms with Crippen LogP contribution in [0.3, 0.4) is 0 Å². The fraction of sp³-hybridized carbons (Fsp3) is 0.259. The maximum atomic E-state index is 12.8. The van der Waals surface area contributed by atoms with Crippen molar-refractivity contribution in [1.82, 2.24) is 9.88 Å². The minimum Gasteiger partial charge on any atom is -0.493 e. The second kappa shape index (κ2) is 11.7. The Morgan fingerprint density at radius 3 is 2.44 bits per heavy atom. The van der Waals surface area contributed by atoms with E-state index in [9.17, 15) is 19.6 Å². The number of pyridine rings is 1. The summed E-state index contributed by atoms with van der Waals surface area (Å²) in [5.41, 5.74) is 2.19. The van der Waals surface area contributed by atoms with Gasteiger partial charge in [-0.15, -0.1) is 0 Å². The number of carbonyl (C=O) groups is 2. The Labute approximate surface area is 209 Å². The van der Waals surface area contributed by atoms with Gasteiger partial charge in [0.05, 0.1) is 25.5 Å². The summed E-state index contributed by atoms with van der Waals surface area (Å²) in [6.07, 6.45) is 0.567. The first-order valence-corrected chi connectivity index (χ1v) is 11.3. The number of hydrogen-bond donors (Lipinski definition) is 2. The highest BCUT2D eigenvalue weighted by Crippen LogP contribution is 2.27. The van der Waals surface area contributed by atoms with Gasteiger partial charge in [-0.25, -0.2) is 0 Å². The van der Waals surface area contributed by atoms with Crippen molar-refractivity contribution in [2.24, 2.45) is 0 Å². The molecule has 0 spiro atoms. The number of amides is 2. The molecule has 0 atom stereocenters. The summed E-state index contributed by atoms with van der Waals surface area (Å²) in [6, 6.07) is 15.8. The monoisotopic (exact) mass is 488 g/mol. The number of aryl methyl sites for hydroxylation is 2. The third kappa shape index (κ3) is 5.91. The largest absolute Gasteiger partial charge is 0.493 e. The number of para-hydroxylation sites is 1. The minimum absolute atomic E-state index is 0.00246. The molecule has 0 aliphatic rings. The Hall–Kier alpha value is -4.58. The third-order valence-electron chi connectivity index (χ3n) is 5.71. The van der Waals surface area contributed by atoms with Gasteiger partial charge in [0.15, 0.2) is 11.5 Å². The quantitative estimate of drug-likeness (QED) is 0.478. The Balaban J connectivity index is 1.67. The molecule has 1 aromatic heterocycles. The van der Waals surface area contributed by atoms with Crippen molar-refractivity contribution >= 4 is 17.5 Å². The van der Waals surface area contributed by atoms with Gasteiger partial charge in [-0.2, -0.15) is 5.26 Å². The molecule has 0 radical (unpaired) electrons. The van der Waals surface area contributed by atoms with Gasteiger partial charge in [-0.05, 0) is 61.7 Å². The van der Waals surface area contributed by atoms with Gasteiger partial charge in [-0.1, -0.05) is 18.2 Å². The van der Waals surface area contributed by atoms with Gasteiger partial charge in [0.2, 0.25) is 5.91 Å². The van der Waals surface area contributed by atoms with Crippen molar-refractivity contribution in [1.29, 1.82) is 5.26 Å². The van der Waals surface area contributed by atoms with Crippen LogP contribution in [0.15, 0.2) is 53.3 Å². The average molecular weight is 489 g/mol. The molecule has 3 rings (SSSR count). The number of hydrogen-bond acceptors (Lipinski definition) is 6. The predicted molar refractivity (Wildman–Crippen MR) is 136 cm³/mol. The SMILES string of the molecule is COc1ccc(CCNC(=O)c2ccccc2NC(=O)Cn2c(C)cc(C)c(C#N)c2=O)cc1OC. The fourth-order valence-electron chi connectivity index (χ4n) is 3.83. The molecular formula is C27H28N4O5. The fourth-order valence-corrected chi connectivity index (χ4v) is 3.83. The van der Waals surface area contributed by atoms with E-state index < -0.39 is 11.5 Å². The number of carbonyl (C=O) groups excluding carboxylic acids is 2. The summed E-state index contributed by atoms with van der Waals surface area (Å²) < 4.78 is 11.8. The lowest BCUT2D eigenvalue weighted by atomic mass is 10.1. The standard InChI is InChI=1S/C27H28N4O5/c1-17-13-18(2)31(27(34)21(17)15-28)16-25(32)30-22-8-6-5-7-20(22)26(33)29-12-11-19-9-10-23(35-3)24(14-19)36-4/h5-10,13-14H,11-12,16H2,1-4H3,(H,29,33)(H,30,32). The number of anilines is 1. The Morgan fingerprint density at radius 2 is 1.75 bits per heavy atom. The molecule has 2 amide bonds. The normalized spacial score (nSPS) is 10.3. The molecule has 9 nitrogen and oxygen atoms in total. The molecule has 1 heterocycles. The van der Waals surface area contributed by atoms with E-state index in [1.54, 1.807) is 58.4 Å². The van der Waals surface area contributed by atoms with E-state index >= 15 is 0 Å². The molecule has 0 bridgehead atoms. The number of nitrogens with one attached hydrogen (secondary N) is 2. The van der Waals surface area contributed by atoms with E-state index in [1.165, 1.54) is 4.57 Å². The molecule has 2 aromatic carbocycles. The molecule has 3 aromatic rings. The van der Waals surface area contributed by atoms with Crippen molar-refractivity contribution in [2.75, 3.05) is 26.1 Å². The van der Waals surface area contributed by atoms with Crippen molar-refractivity contribution < 1.29 is 19.1 Å². The summed E-state index contributed by atoms with van der Waals surface area (Å²) in [6.45, 7) is 3.46. The number of nitriles is 1. The zero-order valence-electron chi connectivity index (χ0n) is 20.7. The highest BCUT2D eigenvalue weighted by Gasteiger charge is 2.16. The number of ether oxygens (including phenoxy) is 2. The summed E-state index contributed by atoms with van der Waals surface area (Å²) in [5, 5.41) is 14.8. The maximum Gasteiger partial charge on any atom is 0.269 e. The Kier molecular flexibility index (Phi) is 8.47. The van der Waals surface area contributed by atoms with E-state index in [1.807, 2.05) is 24.3 Å². The third-order valence-corrected chi connectivity index (χ3v) is 5.71. The maximum absolute atomic E-state index is 12.8. The van der Waals surface area contributed by atoms with Crippen molar-refractivity contribution in [3.05, 3.63) is 86.8 Å². The highest BCUT2D eigenvalue weighted by molar-refractivity contribution is 6.03. The van der Waals surface area contributed by atoms with Gasteiger partial charge in [0, 0.05) is 12.2 Å². The molecular weight excluding hydrogens is 460 g/mol. The van der Waals surface area contributed by atoms with Crippen LogP contribution in [-0.4, -0.2) is 37.1 Å². The van der Waals surface area contributed by atoms with E-state index in [4.69, 9.17) is 9.47 Å². The molecule has 0 fully saturated rings. The number of aromatic nitrogens is 1. The van der Waals surface area contributed by atoms with Crippen LogP contribution in [0.1, 0.15) is 32.7 Å². The topological polar surface area (TPSA) is 122 Å². The number of methoxy groups -OCH3 is 2. The number of nitrogens with zero attached hydrogens (tertiary/aromatic N) is 2. The molecule has 9 heteroatoms. The lowest BCUT2D eigenvalue weighted by molar-refractivity contribution is -0.116. The van der Waals surface area contributed by atoms with Crippen LogP contribution in [0.5, 0.6) is 11.5 Å². The lowest BCUT2D eigenvalue weighted by Gasteiger charge is -2.14. The van der Waals surface area contributed by atoms with Crippen LogP contribution in [0.4, 0.5) is 5.69 Å². The minimum atomic E-state index is -0.522. The zero-order chi connectivity index (χ0) is 26.2. The van der Waals surface area contributed by atoms with Crippen LogP contribution in [0.25, 0.3) is 0 Å². The summed E-state index contributed by atoms with van der Waals surface area (Å²) in [5.74, 6) is 0.404. The van der Waals surface area contributed by atoms with E-state index in [0.717, 1.165) is 5.56 Å². The average Bonchev–Trinajstić information content (AvgIpc) is 2.86. The van der Waals surface area contributed by atoms with Crippen LogP contribution < -0.4 is 25.7 Å². The first-order valence-electron chi connectivity index (χ1n) is 11.3. The summed E-state index contributed by atoms with van der Waals surface area (Å²) >= 11 is 0. The Morgan fingerprint density at radius 1 is 1.03 bits per heavy atom. The lowest BCUT2D eigenvalue weighted by Crippen LogP contribution is -2.32. The van der Waals surface area contributed by atoms with E-state index in [2.05, 4.69) is 10.6 Å². The van der Waals surface area contributed by atoms with E-state index in [0.29, 0.717) is 47.0 Å². The molecule has 0 saturated carbocycles. The molecule has 36 heavy (non-hydrogen) atoms. The van der Waals surface area contributed by atoms with Gasteiger partial charge in [0.25, 0.3) is 11.5 Å². The molecule has 186 valence electrons. The molecule has 0 unspecified atom stereocenters. The highest BCUT2D eigenvalue weighted by atomic mass is 16.5. The van der Waals surface area contributed by atoms with Crippen molar-refractivity contribution in [3.8, 4) is 17.6 Å². The molecule has 0 saturated heterocycles. The summed E-state index contributed by atoms with van der Waals surface area (Å²) in [7, 11) is 3.13. The van der Waals surface area contributed by atoms with Crippen LogP contribution in [0, 0.1) is 25.2 Å². The van der Waals surface area contributed by atoms with Crippen molar-refractivity contribution in [3.63, 3.8) is 0 Å². The molecule has 0 aliphatic heterocycles. The molecule has 2 N–H and O–H groups in total. The first-order chi connectivity index (χ1) is 17.3. The smallest absolute Gasteiger partial charge is 0.269 e. The van der Waals surface area contributed by atoms with Crippen LogP contribution in [-0.2, 0) is 17.8 Å². The van der Waals surface area contributed by atoms with Gasteiger partial charge in [0.1, 0.15) is 18.2 Å². The second-order valence-corrected chi connectivity index (χ2v) is 8.14. The van der Waals surface area contributed by atoms with Crippen LogP contribution >= 0.6 is 0 Å². The molecule has 0 aliphatic carbocycles. The Bertz CT molecular complexity index is 1390. The zero-order valence-corrected chi connectivity index (χ0v) is 20.7. The van der Waals surface area contributed by atoms with Gasteiger partial charge >= 0.3 is 0 Å². The van der Waals surface area contributed by atoms with Crippen molar-refractivity contribution in [2.45, 2.75) is 26.8 Å². The number of rotatable bonds is 9. The van der Waals surface area contributed by atoms with Gasteiger partial charge in [-0.3, -0.25) is 14.4 Å². The second-order valence-electron chi connectivity index (χ2n) is 8.14. The first kappa shape index (κ1) is 26.0. The van der Waals surface area contributed by atoms with E-state index in [-0.39, 0.29) is 18.0 Å². The summed E-state index contributed by atoms with van der Waals surface area (Å²) in [4.78, 5) is 38.2. The van der Waals surface area contributed by atoms with Crippen LogP contribution in [0.2, 0.25) is 0 Å². The predicted octanol–water partition coefficient (Wildman–Crippen LogP) is 2.97.